The van der Waals surface area contributed by atoms with Gasteiger partial charge in [-0.15, -0.1) is 0 Å². The van der Waals surface area contributed by atoms with Gasteiger partial charge in [0.05, 0.1) is 0 Å². The van der Waals surface area contributed by atoms with E-state index in [0.717, 1.165) is 23.1 Å². The molecule has 0 bridgehead atoms. The van der Waals surface area contributed by atoms with Crippen molar-refractivity contribution in [3.05, 3.63) is 34.9 Å². The van der Waals surface area contributed by atoms with Gasteiger partial charge in [0.15, 0.2) is 5.78 Å². The highest BCUT2D eigenvalue weighted by atomic mass is 16.5. The zero-order valence-electron chi connectivity index (χ0n) is 9.67. The first kappa shape index (κ1) is 11.9. The van der Waals surface area contributed by atoms with E-state index in [0.29, 0.717) is 13.0 Å². The highest BCUT2D eigenvalue weighted by Crippen LogP contribution is 2.16. The van der Waals surface area contributed by atoms with Gasteiger partial charge in [0.1, 0.15) is 0 Å². The van der Waals surface area contributed by atoms with E-state index in [2.05, 4.69) is 0 Å². The van der Waals surface area contributed by atoms with Crippen molar-refractivity contribution >= 4 is 5.78 Å². The number of carbonyl (C=O) groups excluding carboxylic acids is 1. The molecule has 0 heterocycles. The number of aryl methyl sites for hydroxylation is 2. The second-order valence-electron chi connectivity index (χ2n) is 3.79. The van der Waals surface area contributed by atoms with Crippen LogP contribution in [0.1, 0.15) is 34.3 Å². The van der Waals surface area contributed by atoms with E-state index in [1.54, 1.807) is 7.11 Å². The maximum atomic E-state index is 11.9. The van der Waals surface area contributed by atoms with Gasteiger partial charge in [-0.05, 0) is 31.4 Å². The maximum Gasteiger partial charge on any atom is 0.163 e. The number of carbonyl (C=O) groups is 1. The Bertz CT molecular complexity index is 322. The number of rotatable bonds is 5. The van der Waals surface area contributed by atoms with Crippen molar-refractivity contribution in [2.45, 2.75) is 26.7 Å². The van der Waals surface area contributed by atoms with E-state index < -0.39 is 0 Å². The highest BCUT2D eigenvalue weighted by molar-refractivity contribution is 5.98. The predicted octanol–water partition coefficient (Wildman–Crippen LogP) is 2.91. The largest absolute Gasteiger partial charge is 0.385 e. The molecule has 1 rings (SSSR count). The van der Waals surface area contributed by atoms with Crippen LogP contribution in [-0.4, -0.2) is 19.5 Å². The lowest BCUT2D eigenvalue weighted by Gasteiger charge is -2.08. The quantitative estimate of drug-likeness (QED) is 0.547. The first-order valence-corrected chi connectivity index (χ1v) is 5.25. The van der Waals surface area contributed by atoms with Crippen molar-refractivity contribution in [3.63, 3.8) is 0 Å². The van der Waals surface area contributed by atoms with Gasteiger partial charge in [0.25, 0.3) is 0 Å². The van der Waals surface area contributed by atoms with Crippen LogP contribution in [0.15, 0.2) is 18.2 Å². The number of hydrogen-bond acceptors (Lipinski definition) is 2. The van der Waals surface area contributed by atoms with Crippen LogP contribution in [0.3, 0.4) is 0 Å². The molecule has 0 aliphatic heterocycles. The van der Waals surface area contributed by atoms with Crippen molar-refractivity contribution in [3.8, 4) is 0 Å². The zero-order valence-corrected chi connectivity index (χ0v) is 9.67. The Morgan fingerprint density at radius 2 is 1.87 bits per heavy atom. The number of hydrogen-bond donors (Lipinski definition) is 0. The normalized spacial score (nSPS) is 10.3. The fourth-order valence-corrected chi connectivity index (χ4v) is 1.76. The van der Waals surface area contributed by atoms with E-state index in [1.165, 1.54) is 0 Å². The molecule has 0 radical (unpaired) electrons. The van der Waals surface area contributed by atoms with Gasteiger partial charge in [-0.2, -0.15) is 0 Å². The van der Waals surface area contributed by atoms with Crippen molar-refractivity contribution in [1.82, 2.24) is 0 Å². The molecule has 0 atom stereocenters. The number of methoxy groups -OCH3 is 1. The first-order chi connectivity index (χ1) is 7.16. The summed E-state index contributed by atoms with van der Waals surface area (Å²) in [5.41, 5.74) is 3.02. The monoisotopic (exact) mass is 206 g/mol. The molecule has 0 aromatic heterocycles. The zero-order chi connectivity index (χ0) is 11.3. The van der Waals surface area contributed by atoms with Gasteiger partial charge in [-0.3, -0.25) is 4.79 Å². The number of ketones is 1. The topological polar surface area (TPSA) is 26.3 Å². The summed E-state index contributed by atoms with van der Waals surface area (Å²) in [6, 6.07) is 5.95. The third kappa shape index (κ3) is 3.17. The Balaban J connectivity index is 2.73. The SMILES string of the molecule is COCCCC(=O)c1c(C)cccc1C. The summed E-state index contributed by atoms with van der Waals surface area (Å²) in [6.07, 6.45) is 1.36. The number of ether oxygens (including phenoxy) is 1. The average Bonchev–Trinajstić information content (AvgIpc) is 2.18. The van der Waals surface area contributed by atoms with Gasteiger partial charge in [0, 0.05) is 25.7 Å². The minimum absolute atomic E-state index is 0.225. The van der Waals surface area contributed by atoms with Crippen LogP contribution in [0.25, 0.3) is 0 Å². The Kier molecular flexibility index (Phi) is 4.50. The van der Waals surface area contributed by atoms with E-state index in [9.17, 15) is 4.79 Å². The molecular weight excluding hydrogens is 188 g/mol. The second kappa shape index (κ2) is 5.66. The minimum atomic E-state index is 0.225. The molecule has 0 aliphatic rings. The fourth-order valence-electron chi connectivity index (χ4n) is 1.76. The van der Waals surface area contributed by atoms with Gasteiger partial charge in [-0.25, -0.2) is 0 Å². The molecule has 2 heteroatoms. The summed E-state index contributed by atoms with van der Waals surface area (Å²) in [4.78, 5) is 11.9. The molecule has 15 heavy (non-hydrogen) atoms. The molecule has 0 amide bonds. The van der Waals surface area contributed by atoms with E-state index in [-0.39, 0.29) is 5.78 Å². The van der Waals surface area contributed by atoms with Crippen LogP contribution in [-0.2, 0) is 4.74 Å². The highest BCUT2D eigenvalue weighted by Gasteiger charge is 2.10. The van der Waals surface area contributed by atoms with Crippen LogP contribution >= 0.6 is 0 Å². The first-order valence-electron chi connectivity index (χ1n) is 5.25. The van der Waals surface area contributed by atoms with Gasteiger partial charge < -0.3 is 4.74 Å². The van der Waals surface area contributed by atoms with Crippen molar-refractivity contribution in [2.24, 2.45) is 0 Å². The molecule has 0 fully saturated rings. The van der Waals surface area contributed by atoms with Crippen molar-refractivity contribution in [1.29, 1.82) is 0 Å². The van der Waals surface area contributed by atoms with Crippen molar-refractivity contribution in [2.75, 3.05) is 13.7 Å². The molecule has 0 unspecified atom stereocenters. The molecule has 1 aromatic rings. The van der Waals surface area contributed by atoms with Crippen LogP contribution in [0, 0.1) is 13.8 Å². The molecule has 1 aromatic carbocycles. The third-order valence-corrected chi connectivity index (χ3v) is 2.51. The lowest BCUT2D eigenvalue weighted by atomic mass is 9.97. The molecule has 82 valence electrons. The van der Waals surface area contributed by atoms with E-state index >= 15 is 0 Å². The third-order valence-electron chi connectivity index (χ3n) is 2.51. The van der Waals surface area contributed by atoms with E-state index in [1.807, 2.05) is 32.0 Å². The Morgan fingerprint density at radius 3 is 2.40 bits per heavy atom. The lowest BCUT2D eigenvalue weighted by molar-refractivity contribution is 0.0962. The summed E-state index contributed by atoms with van der Waals surface area (Å²) >= 11 is 0. The summed E-state index contributed by atoms with van der Waals surface area (Å²) in [5, 5.41) is 0. The van der Waals surface area contributed by atoms with Gasteiger partial charge in [0.2, 0.25) is 0 Å². The molecular formula is C13H18O2. The molecule has 0 saturated carbocycles. The Labute approximate surface area is 91.3 Å². The van der Waals surface area contributed by atoms with Crippen LogP contribution in [0.4, 0.5) is 0 Å². The maximum absolute atomic E-state index is 11.9. The minimum Gasteiger partial charge on any atom is -0.385 e. The number of benzene rings is 1. The van der Waals surface area contributed by atoms with Gasteiger partial charge >= 0.3 is 0 Å². The van der Waals surface area contributed by atoms with Crippen LogP contribution in [0.2, 0.25) is 0 Å². The standard InChI is InChI=1S/C13H18O2/c1-10-6-4-7-11(2)13(10)12(14)8-5-9-15-3/h4,6-7H,5,8-9H2,1-3H3. The average molecular weight is 206 g/mol. The van der Waals surface area contributed by atoms with Crippen molar-refractivity contribution < 1.29 is 9.53 Å². The summed E-state index contributed by atoms with van der Waals surface area (Å²) < 4.78 is 4.94. The fraction of sp³-hybridized carbons (Fsp3) is 0.462. The van der Waals surface area contributed by atoms with E-state index in [4.69, 9.17) is 4.74 Å². The van der Waals surface area contributed by atoms with Crippen LogP contribution in [0.5, 0.6) is 0 Å². The Hall–Kier alpha value is -1.15. The lowest BCUT2D eigenvalue weighted by Crippen LogP contribution is -2.05. The number of Topliss-reactive ketones (excluding diaryl/α,β-unsaturated/α-hetero) is 1. The predicted molar refractivity (Wildman–Crippen MR) is 61.4 cm³/mol. The molecule has 0 spiro atoms. The summed E-state index contributed by atoms with van der Waals surface area (Å²) in [7, 11) is 1.66. The molecule has 0 saturated heterocycles. The van der Waals surface area contributed by atoms with Crippen LogP contribution < -0.4 is 0 Å². The second-order valence-corrected chi connectivity index (χ2v) is 3.79. The summed E-state index contributed by atoms with van der Waals surface area (Å²) in [6.45, 7) is 4.61. The molecule has 0 N–H and O–H groups in total. The molecule has 0 aliphatic carbocycles. The Morgan fingerprint density at radius 1 is 1.27 bits per heavy atom. The van der Waals surface area contributed by atoms with Gasteiger partial charge in [-0.1, -0.05) is 18.2 Å². The summed E-state index contributed by atoms with van der Waals surface area (Å²) in [5.74, 6) is 0.225. The smallest absolute Gasteiger partial charge is 0.163 e. The molecule has 2 nitrogen and oxygen atoms in total.